The Hall–Kier alpha value is -2.96. The number of pyridine rings is 1. The first-order valence-corrected chi connectivity index (χ1v) is 6.42. The lowest BCUT2D eigenvalue weighted by Gasteiger charge is -2.04. The summed E-state index contributed by atoms with van der Waals surface area (Å²) >= 11 is 0. The lowest BCUT2D eigenvalue weighted by atomic mass is 10.2. The lowest BCUT2D eigenvalue weighted by molar-refractivity contribution is 0.517. The number of aromatic nitrogens is 4. The largest absolute Gasteiger partial charge is 0.469 e. The molecule has 0 saturated heterocycles. The second kappa shape index (κ2) is 6.00. The van der Waals surface area contributed by atoms with Crippen LogP contribution in [0.5, 0.6) is 0 Å². The van der Waals surface area contributed by atoms with Gasteiger partial charge in [0.1, 0.15) is 11.5 Å². The molecule has 0 aliphatic heterocycles. The summed E-state index contributed by atoms with van der Waals surface area (Å²) in [6.45, 7) is 0.510. The van der Waals surface area contributed by atoms with E-state index in [2.05, 4.69) is 25.5 Å². The van der Waals surface area contributed by atoms with Crippen LogP contribution in [0.15, 0.2) is 52.1 Å². The summed E-state index contributed by atoms with van der Waals surface area (Å²) in [7, 11) is 0. The van der Waals surface area contributed by atoms with E-state index in [9.17, 15) is 4.79 Å². The number of hydrogen-bond donors (Lipinski definition) is 2. The number of H-pyrrole nitrogens is 1. The summed E-state index contributed by atoms with van der Waals surface area (Å²) in [5.41, 5.74) is 1.02. The molecule has 0 aliphatic carbocycles. The van der Waals surface area contributed by atoms with E-state index >= 15 is 0 Å². The van der Waals surface area contributed by atoms with Crippen molar-refractivity contribution in [2.45, 2.75) is 13.0 Å². The molecule has 0 atom stereocenters. The minimum atomic E-state index is -0.282. The second-order valence-electron chi connectivity index (χ2n) is 4.42. The fraction of sp³-hybridized carbons (Fsp3) is 0.143. The fourth-order valence-electron chi connectivity index (χ4n) is 1.82. The average molecular weight is 283 g/mol. The molecule has 2 N–H and O–H groups in total. The van der Waals surface area contributed by atoms with E-state index in [1.165, 1.54) is 0 Å². The summed E-state index contributed by atoms with van der Waals surface area (Å²) in [4.78, 5) is 18.6. The van der Waals surface area contributed by atoms with Gasteiger partial charge in [0, 0.05) is 18.9 Å². The Balaban J connectivity index is 1.68. The molecule has 7 nitrogen and oxygen atoms in total. The molecule has 0 radical (unpaired) electrons. The SMILES string of the molecule is O=c1[nH]c(NCc2cccnc2)nnc1Cc1ccco1. The smallest absolute Gasteiger partial charge is 0.274 e. The van der Waals surface area contributed by atoms with Crippen LogP contribution in [0.3, 0.4) is 0 Å². The van der Waals surface area contributed by atoms with Crippen LogP contribution in [0, 0.1) is 0 Å². The molecule has 0 fully saturated rings. The highest BCUT2D eigenvalue weighted by Crippen LogP contribution is 2.05. The predicted molar refractivity (Wildman–Crippen MR) is 75.7 cm³/mol. The summed E-state index contributed by atoms with van der Waals surface area (Å²) < 4.78 is 5.18. The van der Waals surface area contributed by atoms with Crippen molar-refractivity contribution in [2.75, 3.05) is 5.32 Å². The molecule has 0 bridgehead atoms. The van der Waals surface area contributed by atoms with Gasteiger partial charge in [0.2, 0.25) is 5.95 Å². The zero-order valence-electron chi connectivity index (χ0n) is 11.1. The molecule has 0 spiro atoms. The first-order chi connectivity index (χ1) is 10.3. The zero-order valence-corrected chi connectivity index (χ0v) is 11.1. The number of nitrogens with zero attached hydrogens (tertiary/aromatic N) is 3. The summed E-state index contributed by atoms with van der Waals surface area (Å²) in [6, 6.07) is 7.32. The minimum absolute atomic E-state index is 0.282. The Bertz CT molecular complexity index is 753. The lowest BCUT2D eigenvalue weighted by Crippen LogP contribution is -2.19. The van der Waals surface area contributed by atoms with E-state index < -0.39 is 0 Å². The van der Waals surface area contributed by atoms with Crippen LogP contribution in [0.4, 0.5) is 5.95 Å². The number of anilines is 1. The van der Waals surface area contributed by atoms with Crippen LogP contribution in [0.25, 0.3) is 0 Å². The zero-order chi connectivity index (χ0) is 14.5. The van der Waals surface area contributed by atoms with Crippen molar-refractivity contribution in [1.82, 2.24) is 20.2 Å². The Morgan fingerprint density at radius 2 is 2.19 bits per heavy atom. The van der Waals surface area contributed by atoms with Crippen molar-refractivity contribution in [3.63, 3.8) is 0 Å². The molecule has 3 aromatic rings. The highest BCUT2D eigenvalue weighted by Gasteiger charge is 2.07. The normalized spacial score (nSPS) is 10.5. The van der Waals surface area contributed by atoms with Gasteiger partial charge in [-0.05, 0) is 23.8 Å². The van der Waals surface area contributed by atoms with Gasteiger partial charge in [0.15, 0.2) is 0 Å². The molecule has 0 saturated carbocycles. The Kier molecular flexibility index (Phi) is 3.72. The fourth-order valence-corrected chi connectivity index (χ4v) is 1.82. The number of furan rings is 1. The summed E-state index contributed by atoms with van der Waals surface area (Å²) in [5.74, 6) is 0.998. The van der Waals surface area contributed by atoms with Crippen molar-refractivity contribution in [1.29, 1.82) is 0 Å². The summed E-state index contributed by atoms with van der Waals surface area (Å²) in [6.07, 6.45) is 5.32. The van der Waals surface area contributed by atoms with Crippen molar-refractivity contribution in [3.05, 3.63) is 70.3 Å². The molecule has 0 amide bonds. The molecule has 106 valence electrons. The van der Waals surface area contributed by atoms with Gasteiger partial charge in [0.25, 0.3) is 5.56 Å². The van der Waals surface area contributed by atoms with Gasteiger partial charge < -0.3 is 9.73 Å². The van der Waals surface area contributed by atoms with Crippen molar-refractivity contribution in [3.8, 4) is 0 Å². The van der Waals surface area contributed by atoms with Crippen LogP contribution in [-0.2, 0) is 13.0 Å². The molecular weight excluding hydrogens is 270 g/mol. The maximum absolute atomic E-state index is 11.9. The molecule has 0 aromatic carbocycles. The molecular formula is C14H13N5O2. The van der Waals surface area contributed by atoms with Gasteiger partial charge in [-0.1, -0.05) is 6.07 Å². The first-order valence-electron chi connectivity index (χ1n) is 6.42. The van der Waals surface area contributed by atoms with Crippen LogP contribution < -0.4 is 10.9 Å². The monoisotopic (exact) mass is 283 g/mol. The van der Waals surface area contributed by atoms with E-state index in [1.54, 1.807) is 30.8 Å². The van der Waals surface area contributed by atoms with Crippen LogP contribution in [0.2, 0.25) is 0 Å². The van der Waals surface area contributed by atoms with Gasteiger partial charge in [-0.3, -0.25) is 14.8 Å². The molecule has 3 rings (SSSR count). The standard InChI is InChI=1S/C14H13N5O2/c20-13-12(7-11-4-2-6-21-11)18-19-14(17-13)16-9-10-3-1-5-15-8-10/h1-6,8H,7,9H2,(H2,16,17,19,20). The number of hydrogen-bond acceptors (Lipinski definition) is 6. The third kappa shape index (κ3) is 3.33. The molecule has 0 unspecified atom stereocenters. The second-order valence-corrected chi connectivity index (χ2v) is 4.42. The third-order valence-corrected chi connectivity index (χ3v) is 2.87. The highest BCUT2D eigenvalue weighted by molar-refractivity contribution is 5.25. The van der Waals surface area contributed by atoms with Crippen LogP contribution in [0.1, 0.15) is 17.0 Å². The van der Waals surface area contributed by atoms with Crippen molar-refractivity contribution in [2.24, 2.45) is 0 Å². The van der Waals surface area contributed by atoms with Gasteiger partial charge in [-0.15, -0.1) is 10.2 Å². The van der Waals surface area contributed by atoms with Crippen LogP contribution in [-0.4, -0.2) is 20.2 Å². The van der Waals surface area contributed by atoms with Gasteiger partial charge in [-0.2, -0.15) is 0 Å². The third-order valence-electron chi connectivity index (χ3n) is 2.87. The predicted octanol–water partition coefficient (Wildman–Crippen LogP) is 1.36. The molecule has 0 aliphatic rings. The van der Waals surface area contributed by atoms with Crippen molar-refractivity contribution >= 4 is 5.95 Å². The maximum atomic E-state index is 11.9. The number of rotatable bonds is 5. The topological polar surface area (TPSA) is 96.7 Å². The number of aromatic amines is 1. The molecule has 21 heavy (non-hydrogen) atoms. The molecule has 3 heterocycles. The number of nitrogens with one attached hydrogen (secondary N) is 2. The van der Waals surface area contributed by atoms with Gasteiger partial charge in [0.05, 0.1) is 12.7 Å². The van der Waals surface area contributed by atoms with E-state index in [4.69, 9.17) is 4.42 Å². The van der Waals surface area contributed by atoms with E-state index in [1.807, 2.05) is 12.1 Å². The highest BCUT2D eigenvalue weighted by atomic mass is 16.3. The first kappa shape index (κ1) is 13.0. The Morgan fingerprint density at radius 3 is 2.90 bits per heavy atom. The van der Waals surface area contributed by atoms with Crippen LogP contribution >= 0.6 is 0 Å². The van der Waals surface area contributed by atoms with Gasteiger partial charge >= 0.3 is 0 Å². The maximum Gasteiger partial charge on any atom is 0.274 e. The minimum Gasteiger partial charge on any atom is -0.469 e. The van der Waals surface area contributed by atoms with E-state index in [0.29, 0.717) is 30.4 Å². The quantitative estimate of drug-likeness (QED) is 0.733. The van der Waals surface area contributed by atoms with E-state index in [0.717, 1.165) is 5.56 Å². The molecule has 7 heteroatoms. The Labute approximate surface area is 120 Å². The van der Waals surface area contributed by atoms with E-state index in [-0.39, 0.29) is 5.56 Å². The summed E-state index contributed by atoms with van der Waals surface area (Å²) in [5, 5.41) is 10.9. The average Bonchev–Trinajstić information content (AvgIpc) is 3.02. The van der Waals surface area contributed by atoms with Crippen molar-refractivity contribution < 1.29 is 4.42 Å². The van der Waals surface area contributed by atoms with Gasteiger partial charge in [-0.25, -0.2) is 0 Å². The molecule has 3 aromatic heterocycles. The Morgan fingerprint density at radius 1 is 1.24 bits per heavy atom.